The Kier molecular flexibility index (Phi) is 5.71. The smallest absolute Gasteiger partial charge is 0.272 e. The second-order valence-corrected chi connectivity index (χ2v) is 7.68. The molecule has 2 aliphatic rings. The van der Waals surface area contributed by atoms with E-state index in [0.717, 1.165) is 36.2 Å². The molecule has 0 spiro atoms. The van der Waals surface area contributed by atoms with Crippen LogP contribution in [0, 0.1) is 11.6 Å². The molecule has 164 valence electrons. The fourth-order valence-electron chi connectivity index (χ4n) is 4.30. The molecule has 3 amide bonds. The molecular formula is C21H23F2N5O3. The first-order chi connectivity index (χ1) is 14.9. The molecule has 2 aromatic rings. The number of hydrogen-bond donors (Lipinski definition) is 2. The lowest BCUT2D eigenvalue weighted by Gasteiger charge is -2.23. The molecule has 10 heteroatoms. The zero-order valence-corrected chi connectivity index (χ0v) is 17.1. The molecule has 1 saturated heterocycles. The number of aromatic nitrogens is 2. The van der Waals surface area contributed by atoms with E-state index in [1.165, 1.54) is 22.7 Å². The average Bonchev–Trinajstić information content (AvgIpc) is 3.49. The summed E-state index contributed by atoms with van der Waals surface area (Å²) in [5.74, 6) is -3.02. The van der Waals surface area contributed by atoms with Gasteiger partial charge in [0.15, 0.2) is 17.3 Å². The lowest BCUT2D eigenvalue weighted by atomic mass is 10.2. The van der Waals surface area contributed by atoms with E-state index in [0.29, 0.717) is 31.5 Å². The van der Waals surface area contributed by atoms with E-state index in [9.17, 15) is 23.2 Å². The van der Waals surface area contributed by atoms with Crippen LogP contribution < -0.4 is 10.6 Å². The summed E-state index contributed by atoms with van der Waals surface area (Å²) < 4.78 is 28.4. The Labute approximate surface area is 177 Å². The second-order valence-electron chi connectivity index (χ2n) is 7.68. The number of rotatable bonds is 5. The highest BCUT2D eigenvalue weighted by Crippen LogP contribution is 2.28. The predicted octanol–water partition coefficient (Wildman–Crippen LogP) is 1.11. The lowest BCUT2D eigenvalue weighted by Crippen LogP contribution is -2.48. The van der Waals surface area contributed by atoms with Crippen molar-refractivity contribution in [3.63, 3.8) is 0 Å². The number of likely N-dealkylation sites (N-methyl/N-ethyl adjacent to an activating group) is 1. The number of nitrogens with zero attached hydrogens (tertiary/aromatic N) is 3. The summed E-state index contributed by atoms with van der Waals surface area (Å²) in [6.45, 7) is 0.214. The normalized spacial score (nSPS) is 17.5. The maximum Gasteiger partial charge on any atom is 0.272 e. The Morgan fingerprint density at radius 3 is 2.71 bits per heavy atom. The van der Waals surface area contributed by atoms with Crippen LogP contribution in [-0.4, -0.2) is 58.6 Å². The monoisotopic (exact) mass is 431 g/mol. The maximum absolute atomic E-state index is 13.7. The van der Waals surface area contributed by atoms with Crippen LogP contribution in [0.4, 0.5) is 8.78 Å². The van der Waals surface area contributed by atoms with Crippen LogP contribution in [0.2, 0.25) is 0 Å². The molecule has 1 aliphatic carbocycles. The molecule has 2 heterocycles. The van der Waals surface area contributed by atoms with Crippen molar-refractivity contribution in [2.75, 3.05) is 20.1 Å². The summed E-state index contributed by atoms with van der Waals surface area (Å²) in [5, 5.41) is 9.48. The SMILES string of the molecule is CNC(=O)C1CCCN1C(=O)CNC(=O)c1nn(-c2ccc(F)c(F)c2)c2c1CCC2. The van der Waals surface area contributed by atoms with Crippen molar-refractivity contribution in [2.45, 2.75) is 38.1 Å². The van der Waals surface area contributed by atoms with Crippen molar-refractivity contribution in [3.05, 3.63) is 46.8 Å². The average molecular weight is 431 g/mol. The van der Waals surface area contributed by atoms with Crippen molar-refractivity contribution in [1.29, 1.82) is 0 Å². The van der Waals surface area contributed by atoms with E-state index in [1.54, 1.807) is 0 Å². The molecule has 0 bridgehead atoms. The number of amides is 3. The number of benzene rings is 1. The fourth-order valence-corrected chi connectivity index (χ4v) is 4.30. The molecule has 1 aromatic carbocycles. The van der Waals surface area contributed by atoms with Gasteiger partial charge in [0.1, 0.15) is 6.04 Å². The first kappa shape index (κ1) is 21.0. The molecule has 8 nitrogen and oxygen atoms in total. The summed E-state index contributed by atoms with van der Waals surface area (Å²) >= 11 is 0. The number of nitrogens with one attached hydrogen (secondary N) is 2. The number of likely N-dealkylation sites (tertiary alicyclic amines) is 1. The van der Waals surface area contributed by atoms with Crippen molar-refractivity contribution >= 4 is 17.7 Å². The van der Waals surface area contributed by atoms with Crippen molar-refractivity contribution in [3.8, 4) is 5.69 Å². The van der Waals surface area contributed by atoms with Gasteiger partial charge in [0.05, 0.1) is 12.2 Å². The molecule has 1 unspecified atom stereocenters. The molecule has 4 rings (SSSR count). The largest absolute Gasteiger partial charge is 0.357 e. The highest BCUT2D eigenvalue weighted by atomic mass is 19.2. The standard InChI is InChI=1S/C21H23F2N5O3/c1-24-20(30)17-6-3-9-27(17)18(29)11-25-21(31)19-13-4-2-5-16(13)28(26-19)12-7-8-14(22)15(23)10-12/h7-8,10,17H,2-6,9,11H2,1H3,(H,24,30)(H,25,31). The molecular weight excluding hydrogens is 408 g/mol. The molecule has 1 aliphatic heterocycles. The summed E-state index contributed by atoms with van der Waals surface area (Å²) in [7, 11) is 1.52. The first-order valence-corrected chi connectivity index (χ1v) is 10.3. The molecule has 1 fully saturated rings. The van der Waals surface area contributed by atoms with Gasteiger partial charge in [0.2, 0.25) is 11.8 Å². The summed E-state index contributed by atoms with van der Waals surface area (Å²) in [6, 6.07) is 2.94. The lowest BCUT2D eigenvalue weighted by molar-refractivity contribution is -0.137. The zero-order valence-electron chi connectivity index (χ0n) is 17.1. The van der Waals surface area contributed by atoms with Gasteiger partial charge in [-0.1, -0.05) is 0 Å². The minimum absolute atomic E-state index is 0.175. The highest BCUT2D eigenvalue weighted by Gasteiger charge is 2.34. The predicted molar refractivity (Wildman–Crippen MR) is 107 cm³/mol. The van der Waals surface area contributed by atoms with Gasteiger partial charge in [-0.15, -0.1) is 0 Å². The van der Waals surface area contributed by atoms with Crippen LogP contribution in [0.15, 0.2) is 18.2 Å². The molecule has 1 aromatic heterocycles. The van der Waals surface area contributed by atoms with E-state index >= 15 is 0 Å². The van der Waals surface area contributed by atoms with E-state index in [2.05, 4.69) is 15.7 Å². The quantitative estimate of drug-likeness (QED) is 0.741. The molecule has 0 saturated carbocycles. The molecule has 1 atom stereocenters. The maximum atomic E-state index is 13.7. The van der Waals surface area contributed by atoms with E-state index in [-0.39, 0.29) is 24.1 Å². The molecule has 31 heavy (non-hydrogen) atoms. The van der Waals surface area contributed by atoms with Crippen LogP contribution in [0.5, 0.6) is 0 Å². The number of carbonyl (C=O) groups excluding carboxylic acids is 3. The molecule has 2 N–H and O–H groups in total. The Balaban J connectivity index is 1.50. The van der Waals surface area contributed by atoms with Crippen molar-refractivity contribution in [1.82, 2.24) is 25.3 Å². The van der Waals surface area contributed by atoms with E-state index < -0.39 is 23.6 Å². The van der Waals surface area contributed by atoms with Crippen molar-refractivity contribution in [2.24, 2.45) is 0 Å². The summed E-state index contributed by atoms with van der Waals surface area (Å²) in [6.07, 6.45) is 3.43. The third-order valence-electron chi connectivity index (χ3n) is 5.82. The van der Waals surface area contributed by atoms with Gasteiger partial charge < -0.3 is 15.5 Å². The van der Waals surface area contributed by atoms with Crippen LogP contribution in [0.1, 0.15) is 41.0 Å². The Morgan fingerprint density at radius 1 is 1.16 bits per heavy atom. The van der Waals surface area contributed by atoms with E-state index in [1.807, 2.05) is 0 Å². The van der Waals surface area contributed by atoms with Gasteiger partial charge in [-0.25, -0.2) is 13.5 Å². The van der Waals surface area contributed by atoms with Gasteiger partial charge in [0, 0.05) is 30.9 Å². The van der Waals surface area contributed by atoms with Crippen LogP contribution in [-0.2, 0) is 22.4 Å². The second kappa shape index (κ2) is 8.44. The Bertz CT molecular complexity index is 1050. The van der Waals surface area contributed by atoms with Crippen LogP contribution >= 0.6 is 0 Å². The minimum atomic E-state index is -0.993. The summed E-state index contributed by atoms with van der Waals surface area (Å²) in [5.41, 5.74) is 2.03. The number of carbonyl (C=O) groups is 3. The topological polar surface area (TPSA) is 96.3 Å². The Morgan fingerprint density at radius 2 is 1.97 bits per heavy atom. The zero-order chi connectivity index (χ0) is 22.1. The first-order valence-electron chi connectivity index (χ1n) is 10.3. The number of halogens is 2. The fraction of sp³-hybridized carbons (Fsp3) is 0.429. The van der Waals surface area contributed by atoms with Crippen LogP contribution in [0.25, 0.3) is 5.69 Å². The number of hydrogen-bond acceptors (Lipinski definition) is 4. The van der Waals surface area contributed by atoms with Gasteiger partial charge in [-0.2, -0.15) is 5.10 Å². The molecule has 0 radical (unpaired) electrons. The van der Waals surface area contributed by atoms with Gasteiger partial charge >= 0.3 is 0 Å². The highest BCUT2D eigenvalue weighted by molar-refractivity contribution is 5.97. The third-order valence-corrected chi connectivity index (χ3v) is 5.82. The minimum Gasteiger partial charge on any atom is -0.357 e. The Hall–Kier alpha value is -3.30. The third kappa shape index (κ3) is 3.89. The van der Waals surface area contributed by atoms with Gasteiger partial charge in [-0.3, -0.25) is 14.4 Å². The van der Waals surface area contributed by atoms with Crippen LogP contribution in [0.3, 0.4) is 0 Å². The number of fused-ring (bicyclic) bond motifs is 1. The van der Waals surface area contributed by atoms with Crippen molar-refractivity contribution < 1.29 is 23.2 Å². The van der Waals surface area contributed by atoms with Gasteiger partial charge in [0.25, 0.3) is 5.91 Å². The van der Waals surface area contributed by atoms with Gasteiger partial charge in [-0.05, 0) is 44.2 Å². The van der Waals surface area contributed by atoms with E-state index in [4.69, 9.17) is 0 Å². The summed E-state index contributed by atoms with van der Waals surface area (Å²) in [4.78, 5) is 38.8.